The van der Waals surface area contributed by atoms with Crippen LogP contribution in [0, 0.1) is 12.8 Å². The Morgan fingerprint density at radius 3 is 2.44 bits per heavy atom. The molecule has 3 heterocycles. The van der Waals surface area contributed by atoms with Crippen LogP contribution in [0.4, 0.5) is 24.7 Å². The van der Waals surface area contributed by atoms with Crippen molar-refractivity contribution < 1.29 is 18.0 Å². The largest absolute Gasteiger partial charge is 0.416 e. The molecule has 2 aromatic carbocycles. The van der Waals surface area contributed by atoms with E-state index in [1.807, 2.05) is 18.2 Å². The highest BCUT2D eigenvalue weighted by molar-refractivity contribution is 5.94. The third-order valence-electron chi connectivity index (χ3n) is 7.21. The number of carbonyl (C=O) groups is 1. The number of nitrogens with zero attached hydrogens (tertiary/aromatic N) is 2. The normalized spacial score (nSPS) is 20.1. The van der Waals surface area contributed by atoms with Gasteiger partial charge in [0.25, 0.3) is 0 Å². The molecule has 34 heavy (non-hydrogen) atoms. The van der Waals surface area contributed by atoms with E-state index in [1.54, 1.807) is 0 Å². The molecule has 1 aromatic heterocycles. The summed E-state index contributed by atoms with van der Waals surface area (Å²) in [6, 6.07) is 13.4. The van der Waals surface area contributed by atoms with E-state index in [-0.39, 0.29) is 12.3 Å². The van der Waals surface area contributed by atoms with Crippen LogP contribution < -0.4 is 10.2 Å². The molecule has 0 spiro atoms. The van der Waals surface area contributed by atoms with Gasteiger partial charge >= 0.3 is 6.18 Å². The Kier molecular flexibility index (Phi) is 5.96. The van der Waals surface area contributed by atoms with Crippen LogP contribution in [-0.4, -0.2) is 23.5 Å². The molecule has 3 aromatic rings. The first-order valence-corrected chi connectivity index (χ1v) is 11.9. The summed E-state index contributed by atoms with van der Waals surface area (Å²) in [6.45, 7) is 3.17. The van der Waals surface area contributed by atoms with Crippen LogP contribution in [-0.2, 0) is 17.4 Å². The molecule has 0 radical (unpaired) electrons. The lowest BCUT2D eigenvalue weighted by atomic mass is 9.80. The molecule has 1 N–H and O–H groups in total. The zero-order valence-corrected chi connectivity index (χ0v) is 19.2. The second kappa shape index (κ2) is 8.93. The van der Waals surface area contributed by atoms with Crippen LogP contribution in [0.25, 0.3) is 10.9 Å². The van der Waals surface area contributed by atoms with Gasteiger partial charge in [-0.15, -0.1) is 0 Å². The van der Waals surface area contributed by atoms with E-state index in [4.69, 9.17) is 4.98 Å². The van der Waals surface area contributed by atoms with Crippen molar-refractivity contribution in [1.29, 1.82) is 0 Å². The maximum absolute atomic E-state index is 12.7. The second-order valence-electron chi connectivity index (χ2n) is 9.60. The quantitative estimate of drug-likeness (QED) is 0.465. The highest BCUT2D eigenvalue weighted by atomic mass is 19.4. The van der Waals surface area contributed by atoms with Gasteiger partial charge in [-0.3, -0.25) is 4.79 Å². The van der Waals surface area contributed by atoms with E-state index in [0.717, 1.165) is 46.9 Å². The van der Waals surface area contributed by atoms with Gasteiger partial charge in [-0.1, -0.05) is 12.1 Å². The molecular formula is C27H28F3N3O. The lowest BCUT2D eigenvalue weighted by molar-refractivity contribution is -0.137. The molecule has 178 valence electrons. The number of alkyl halides is 3. The van der Waals surface area contributed by atoms with Crippen molar-refractivity contribution in [3.8, 4) is 0 Å². The Hall–Kier alpha value is -3.09. The Bertz CT molecular complexity index is 1200. The van der Waals surface area contributed by atoms with Gasteiger partial charge in [0.1, 0.15) is 5.82 Å². The molecule has 2 saturated heterocycles. The number of halogens is 3. The molecule has 0 unspecified atom stereocenters. The van der Waals surface area contributed by atoms with Crippen LogP contribution in [0.3, 0.4) is 0 Å². The minimum atomic E-state index is -4.35. The highest BCUT2D eigenvalue weighted by Crippen LogP contribution is 2.38. The molecule has 2 bridgehead atoms. The number of hydrogen-bond donors (Lipinski definition) is 1. The molecule has 1 saturated carbocycles. The van der Waals surface area contributed by atoms with Gasteiger partial charge in [0.05, 0.1) is 11.1 Å². The van der Waals surface area contributed by atoms with E-state index in [0.29, 0.717) is 23.7 Å². The van der Waals surface area contributed by atoms with Gasteiger partial charge in [0.15, 0.2) is 0 Å². The van der Waals surface area contributed by atoms with Crippen molar-refractivity contribution in [2.75, 3.05) is 16.8 Å². The predicted octanol–water partition coefficient (Wildman–Crippen LogP) is 6.51. The average molecular weight is 468 g/mol. The van der Waals surface area contributed by atoms with Gasteiger partial charge in [0, 0.05) is 30.1 Å². The monoisotopic (exact) mass is 467 g/mol. The van der Waals surface area contributed by atoms with Gasteiger partial charge in [0.2, 0.25) is 5.91 Å². The fourth-order valence-corrected chi connectivity index (χ4v) is 5.29. The number of anilines is 2. The number of pyridine rings is 1. The molecule has 6 rings (SSSR count). The summed E-state index contributed by atoms with van der Waals surface area (Å²) >= 11 is 0. The predicted molar refractivity (Wildman–Crippen MR) is 128 cm³/mol. The summed E-state index contributed by atoms with van der Waals surface area (Å²) < 4.78 is 38.1. The Morgan fingerprint density at radius 1 is 1.06 bits per heavy atom. The summed E-state index contributed by atoms with van der Waals surface area (Å²) in [5, 5.41) is 3.92. The maximum Gasteiger partial charge on any atom is 0.416 e. The highest BCUT2D eigenvalue weighted by Gasteiger charge is 2.34. The molecule has 3 fully saturated rings. The van der Waals surface area contributed by atoms with Crippen LogP contribution >= 0.6 is 0 Å². The Labute approximate surface area is 197 Å². The van der Waals surface area contributed by atoms with E-state index in [2.05, 4.69) is 23.2 Å². The van der Waals surface area contributed by atoms with E-state index in [9.17, 15) is 18.0 Å². The van der Waals surface area contributed by atoms with Crippen molar-refractivity contribution >= 4 is 28.3 Å². The average Bonchev–Trinajstić information content (AvgIpc) is 2.83. The van der Waals surface area contributed by atoms with Crippen LogP contribution in [0.5, 0.6) is 0 Å². The zero-order chi connectivity index (χ0) is 23.9. The Morgan fingerprint density at radius 2 is 1.79 bits per heavy atom. The summed E-state index contributed by atoms with van der Waals surface area (Å²) in [5.74, 6) is 1.65. The van der Waals surface area contributed by atoms with Crippen molar-refractivity contribution in [2.45, 2.75) is 57.7 Å². The van der Waals surface area contributed by atoms with Crippen LogP contribution in [0.15, 0.2) is 48.5 Å². The molecule has 0 atom stereocenters. The molecule has 1 aliphatic carbocycles. The number of aromatic nitrogens is 1. The summed E-state index contributed by atoms with van der Waals surface area (Å²) in [7, 11) is 0. The molecule has 2 aliphatic heterocycles. The molecule has 3 aliphatic rings. The second-order valence-corrected chi connectivity index (χ2v) is 9.60. The number of aryl methyl sites for hydroxylation is 2. The fraction of sp³-hybridized carbons (Fsp3) is 0.407. The zero-order valence-electron chi connectivity index (χ0n) is 19.2. The summed E-state index contributed by atoms with van der Waals surface area (Å²) in [5.41, 5.74) is 2.75. The summed E-state index contributed by atoms with van der Waals surface area (Å²) in [4.78, 5) is 19.9. The van der Waals surface area contributed by atoms with E-state index < -0.39 is 11.7 Å². The summed E-state index contributed by atoms with van der Waals surface area (Å²) in [6.07, 6.45) is 1.37. The van der Waals surface area contributed by atoms with Gasteiger partial charge < -0.3 is 10.2 Å². The fourth-order valence-electron chi connectivity index (χ4n) is 5.29. The third-order valence-corrected chi connectivity index (χ3v) is 7.21. The number of piperidine rings is 2. The van der Waals surface area contributed by atoms with Gasteiger partial charge in [-0.25, -0.2) is 4.98 Å². The number of amides is 1. The minimum Gasteiger partial charge on any atom is -0.353 e. The Balaban J connectivity index is 1.24. The lowest BCUT2D eigenvalue weighted by Gasteiger charge is -2.46. The number of rotatable bonds is 5. The van der Waals surface area contributed by atoms with E-state index >= 15 is 0 Å². The SMILES string of the molecule is Cc1cc(N2CC3CCC2CC3)nc2ccc(NC(=O)CCc3ccc(C(F)(F)F)cc3)cc12. The first-order chi connectivity index (χ1) is 16.3. The third kappa shape index (κ3) is 4.74. The van der Waals surface area contributed by atoms with Crippen molar-refractivity contribution in [3.63, 3.8) is 0 Å². The van der Waals surface area contributed by atoms with Crippen LogP contribution in [0.1, 0.15) is 48.8 Å². The molecule has 4 nitrogen and oxygen atoms in total. The topological polar surface area (TPSA) is 45.2 Å². The van der Waals surface area contributed by atoms with Gasteiger partial charge in [-0.2, -0.15) is 13.2 Å². The lowest BCUT2D eigenvalue weighted by Crippen LogP contribution is -2.48. The molecule has 1 amide bonds. The number of hydrogen-bond acceptors (Lipinski definition) is 3. The first kappa shape index (κ1) is 22.7. The van der Waals surface area contributed by atoms with Crippen LogP contribution in [0.2, 0.25) is 0 Å². The minimum absolute atomic E-state index is 0.175. The smallest absolute Gasteiger partial charge is 0.353 e. The van der Waals surface area contributed by atoms with E-state index in [1.165, 1.54) is 37.8 Å². The number of benzene rings is 2. The standard InChI is InChI=1S/C27H28F3N3O/c1-17-14-25(33-16-19-4-10-22(33)11-5-19)32-24-12-9-21(15-23(17)24)31-26(34)13-6-18-2-7-20(8-3-18)27(28,29)30/h2-3,7-9,12,14-15,19,22H,4-6,10-11,13,16H2,1H3,(H,31,34). The number of fused-ring (bicyclic) bond motifs is 4. The maximum atomic E-state index is 12.7. The van der Waals surface area contributed by atoms with Crippen molar-refractivity contribution in [1.82, 2.24) is 4.98 Å². The molecule has 7 heteroatoms. The van der Waals surface area contributed by atoms with Crippen molar-refractivity contribution in [3.05, 3.63) is 65.2 Å². The number of nitrogens with one attached hydrogen (secondary N) is 1. The van der Waals surface area contributed by atoms with Gasteiger partial charge in [-0.05, 0) is 92.5 Å². The number of carbonyl (C=O) groups excluding carboxylic acids is 1. The first-order valence-electron chi connectivity index (χ1n) is 11.9. The van der Waals surface area contributed by atoms with Crippen molar-refractivity contribution in [2.24, 2.45) is 5.92 Å². The molecular weight excluding hydrogens is 439 g/mol.